The first-order valence-corrected chi connectivity index (χ1v) is 8.80. The van der Waals surface area contributed by atoms with Crippen LogP contribution < -0.4 is 4.90 Å². The molecule has 2 aromatic rings. The lowest BCUT2D eigenvalue weighted by Crippen LogP contribution is -2.33. The Morgan fingerprint density at radius 2 is 1.86 bits per heavy atom. The zero-order chi connectivity index (χ0) is 15.4. The standard InChI is InChI=1S/C17H15BrN2OS/c18-14-8-6-13(7-9-14)16(21)12-20(17-19-10-11-22-17)15-4-2-1-3-5-15/h1-9H,10-12H2. The summed E-state index contributed by atoms with van der Waals surface area (Å²) in [6, 6.07) is 17.4. The van der Waals surface area contributed by atoms with Crippen molar-refractivity contribution in [3.05, 3.63) is 64.6 Å². The monoisotopic (exact) mass is 374 g/mol. The SMILES string of the molecule is O=C(CN(C1=NCCS1)c1ccccc1)c1ccc(Br)cc1. The minimum atomic E-state index is 0.0894. The van der Waals surface area contributed by atoms with Crippen LogP contribution in [0.15, 0.2) is 64.1 Å². The van der Waals surface area contributed by atoms with Crippen LogP contribution in [0, 0.1) is 0 Å². The number of thioether (sulfide) groups is 1. The summed E-state index contributed by atoms with van der Waals surface area (Å²) in [4.78, 5) is 19.1. The Hall–Kier alpha value is -1.59. The van der Waals surface area contributed by atoms with Gasteiger partial charge in [-0.25, -0.2) is 0 Å². The number of benzene rings is 2. The molecule has 0 atom stereocenters. The lowest BCUT2D eigenvalue weighted by molar-refractivity contribution is 0.100. The van der Waals surface area contributed by atoms with Crippen LogP contribution in [0.3, 0.4) is 0 Å². The van der Waals surface area contributed by atoms with Gasteiger partial charge in [0.15, 0.2) is 11.0 Å². The van der Waals surface area contributed by atoms with Crippen molar-refractivity contribution >= 4 is 44.3 Å². The number of nitrogens with zero attached hydrogens (tertiary/aromatic N) is 2. The van der Waals surface area contributed by atoms with E-state index in [1.54, 1.807) is 11.8 Å². The van der Waals surface area contributed by atoms with Gasteiger partial charge in [0.05, 0.1) is 13.1 Å². The molecule has 5 heteroatoms. The first-order chi connectivity index (χ1) is 10.7. The van der Waals surface area contributed by atoms with Crippen molar-refractivity contribution in [2.75, 3.05) is 23.7 Å². The number of Topliss-reactive ketones (excluding diaryl/α,β-unsaturated/α-hetero) is 1. The van der Waals surface area contributed by atoms with Gasteiger partial charge >= 0.3 is 0 Å². The maximum absolute atomic E-state index is 12.6. The summed E-state index contributed by atoms with van der Waals surface area (Å²) in [5, 5.41) is 0.927. The van der Waals surface area contributed by atoms with Gasteiger partial charge in [-0.15, -0.1) is 0 Å². The largest absolute Gasteiger partial charge is 0.313 e. The van der Waals surface area contributed by atoms with Crippen molar-refractivity contribution in [2.24, 2.45) is 4.99 Å². The van der Waals surface area contributed by atoms with Crippen LogP contribution in [0.1, 0.15) is 10.4 Å². The highest BCUT2D eigenvalue weighted by Crippen LogP contribution is 2.23. The number of anilines is 1. The number of hydrogen-bond acceptors (Lipinski definition) is 4. The van der Waals surface area contributed by atoms with Gasteiger partial charge in [-0.2, -0.15) is 0 Å². The van der Waals surface area contributed by atoms with Gasteiger partial charge in [0.2, 0.25) is 0 Å². The molecule has 0 aromatic heterocycles. The summed E-state index contributed by atoms with van der Waals surface area (Å²) in [7, 11) is 0. The second-order valence-corrected chi connectivity index (χ2v) is 6.84. The van der Waals surface area contributed by atoms with E-state index in [1.165, 1.54) is 0 Å². The van der Waals surface area contributed by atoms with Crippen molar-refractivity contribution < 1.29 is 4.79 Å². The van der Waals surface area contributed by atoms with Crippen molar-refractivity contribution in [3.63, 3.8) is 0 Å². The normalized spacial score (nSPS) is 13.8. The number of aliphatic imine (C=N–C) groups is 1. The third-order valence-electron chi connectivity index (χ3n) is 3.34. The Kier molecular flexibility index (Phi) is 4.95. The number of hydrogen-bond donors (Lipinski definition) is 0. The highest BCUT2D eigenvalue weighted by molar-refractivity contribution is 9.10. The molecule has 0 unspecified atom stereocenters. The average Bonchev–Trinajstić information content (AvgIpc) is 3.08. The second kappa shape index (κ2) is 7.11. The van der Waals surface area contributed by atoms with Crippen molar-refractivity contribution in [3.8, 4) is 0 Å². The summed E-state index contributed by atoms with van der Waals surface area (Å²) < 4.78 is 0.972. The summed E-state index contributed by atoms with van der Waals surface area (Å²) >= 11 is 5.09. The van der Waals surface area contributed by atoms with Crippen molar-refractivity contribution in [1.82, 2.24) is 0 Å². The summed E-state index contributed by atoms with van der Waals surface area (Å²) in [6.07, 6.45) is 0. The summed E-state index contributed by atoms with van der Waals surface area (Å²) in [5.41, 5.74) is 1.72. The second-order valence-electron chi connectivity index (χ2n) is 4.86. The molecule has 0 radical (unpaired) electrons. The van der Waals surface area contributed by atoms with Gasteiger partial charge in [-0.3, -0.25) is 9.79 Å². The molecule has 1 aliphatic heterocycles. The lowest BCUT2D eigenvalue weighted by Gasteiger charge is -2.23. The number of carbonyl (C=O) groups is 1. The van der Waals surface area contributed by atoms with Gasteiger partial charge in [-0.05, 0) is 24.3 Å². The Balaban J connectivity index is 1.84. The Labute approximate surface area is 142 Å². The molecule has 0 saturated heterocycles. The molecule has 0 spiro atoms. The van der Waals surface area contributed by atoms with Gasteiger partial charge in [0.25, 0.3) is 0 Å². The number of carbonyl (C=O) groups excluding carboxylic acids is 1. The van der Waals surface area contributed by atoms with Crippen LogP contribution in [0.25, 0.3) is 0 Å². The van der Waals surface area contributed by atoms with Crippen LogP contribution >= 0.6 is 27.7 Å². The van der Waals surface area contributed by atoms with Crippen LogP contribution in [-0.4, -0.2) is 29.8 Å². The van der Waals surface area contributed by atoms with E-state index < -0.39 is 0 Å². The van der Waals surface area contributed by atoms with E-state index in [9.17, 15) is 4.79 Å². The predicted molar refractivity (Wildman–Crippen MR) is 97.0 cm³/mol. The lowest BCUT2D eigenvalue weighted by atomic mass is 10.1. The van der Waals surface area contributed by atoms with E-state index in [0.29, 0.717) is 12.1 Å². The molecule has 3 nitrogen and oxygen atoms in total. The van der Waals surface area contributed by atoms with Crippen LogP contribution in [0.2, 0.25) is 0 Å². The predicted octanol–water partition coefficient (Wildman–Crippen LogP) is 4.24. The van der Waals surface area contributed by atoms with Crippen molar-refractivity contribution in [2.45, 2.75) is 0 Å². The van der Waals surface area contributed by atoms with Crippen LogP contribution in [0.4, 0.5) is 5.69 Å². The third kappa shape index (κ3) is 3.59. The number of amidine groups is 1. The molecular weight excluding hydrogens is 360 g/mol. The van der Waals surface area contributed by atoms with E-state index in [0.717, 1.165) is 27.6 Å². The van der Waals surface area contributed by atoms with Gasteiger partial charge < -0.3 is 4.90 Å². The molecule has 0 amide bonds. The number of ketones is 1. The zero-order valence-electron chi connectivity index (χ0n) is 11.9. The maximum Gasteiger partial charge on any atom is 0.182 e. The first kappa shape index (κ1) is 15.3. The smallest absolute Gasteiger partial charge is 0.182 e. The molecule has 0 bridgehead atoms. The van der Waals surface area contributed by atoms with E-state index in [-0.39, 0.29) is 5.78 Å². The van der Waals surface area contributed by atoms with Gasteiger partial charge in [-0.1, -0.05) is 58.0 Å². The summed E-state index contributed by atoms with van der Waals surface area (Å²) in [6.45, 7) is 1.12. The van der Waals surface area contributed by atoms with E-state index in [1.807, 2.05) is 59.5 Å². The Bertz CT molecular complexity index is 686. The molecule has 22 heavy (non-hydrogen) atoms. The Morgan fingerprint density at radius 3 is 2.50 bits per heavy atom. The molecule has 1 heterocycles. The highest BCUT2D eigenvalue weighted by Gasteiger charge is 2.21. The van der Waals surface area contributed by atoms with Gasteiger partial charge in [0.1, 0.15) is 0 Å². The van der Waals surface area contributed by atoms with E-state index in [4.69, 9.17) is 0 Å². The molecule has 2 aromatic carbocycles. The third-order valence-corrected chi connectivity index (χ3v) is 4.86. The molecule has 1 aliphatic rings. The molecule has 0 aliphatic carbocycles. The molecular formula is C17H15BrN2OS. The quantitative estimate of drug-likeness (QED) is 0.750. The minimum absolute atomic E-state index is 0.0894. The number of para-hydroxylation sites is 1. The summed E-state index contributed by atoms with van der Waals surface area (Å²) in [5.74, 6) is 1.07. The number of halogens is 1. The molecule has 0 fully saturated rings. The Morgan fingerprint density at radius 1 is 1.14 bits per heavy atom. The highest BCUT2D eigenvalue weighted by atomic mass is 79.9. The van der Waals surface area contributed by atoms with Crippen LogP contribution in [-0.2, 0) is 0 Å². The fourth-order valence-electron chi connectivity index (χ4n) is 2.24. The van der Waals surface area contributed by atoms with E-state index in [2.05, 4.69) is 20.9 Å². The molecule has 0 N–H and O–H groups in total. The average molecular weight is 375 g/mol. The minimum Gasteiger partial charge on any atom is -0.313 e. The van der Waals surface area contributed by atoms with E-state index >= 15 is 0 Å². The molecule has 3 rings (SSSR count). The molecule has 112 valence electrons. The maximum atomic E-state index is 12.6. The number of rotatable bonds is 4. The zero-order valence-corrected chi connectivity index (χ0v) is 14.3. The van der Waals surface area contributed by atoms with Crippen molar-refractivity contribution in [1.29, 1.82) is 0 Å². The van der Waals surface area contributed by atoms with Crippen LogP contribution in [0.5, 0.6) is 0 Å². The fourth-order valence-corrected chi connectivity index (χ4v) is 3.37. The molecule has 0 saturated carbocycles. The topological polar surface area (TPSA) is 32.7 Å². The fraction of sp³-hybridized carbons (Fsp3) is 0.176. The first-order valence-electron chi connectivity index (χ1n) is 7.02. The van der Waals surface area contributed by atoms with Gasteiger partial charge in [0, 0.05) is 21.5 Å².